The maximum Gasteiger partial charge on any atom is 0.319 e. The maximum atomic E-state index is 11.6. The summed E-state index contributed by atoms with van der Waals surface area (Å²) in [7, 11) is -3.82. The average molecular weight is 244 g/mol. The van der Waals surface area contributed by atoms with Crippen LogP contribution in [0.15, 0.2) is 23.1 Å². The molecule has 0 aromatic heterocycles. The highest BCUT2D eigenvalue weighted by Gasteiger charge is 2.22. The number of aliphatic carboxylic acids is 1. The van der Waals surface area contributed by atoms with Crippen molar-refractivity contribution in [3.8, 4) is 11.5 Å². The number of rotatable bonds is 3. The predicted molar refractivity (Wildman–Crippen MR) is 52.3 cm³/mol. The molecule has 0 amide bonds. The second-order valence-electron chi connectivity index (χ2n) is 3.17. The number of hydrogen-bond donors (Lipinski definition) is 1. The molecule has 0 atom stereocenters. The highest BCUT2D eigenvalue weighted by atomic mass is 32.2. The molecular weight excluding hydrogens is 236 g/mol. The van der Waals surface area contributed by atoms with Gasteiger partial charge in [0.1, 0.15) is 0 Å². The van der Waals surface area contributed by atoms with Crippen LogP contribution in [0.5, 0.6) is 11.5 Å². The van der Waals surface area contributed by atoms with Gasteiger partial charge in [-0.2, -0.15) is 0 Å². The van der Waals surface area contributed by atoms with Crippen LogP contribution in [0.25, 0.3) is 0 Å². The molecule has 2 rings (SSSR count). The zero-order valence-corrected chi connectivity index (χ0v) is 8.86. The lowest BCUT2D eigenvalue weighted by Crippen LogP contribution is -2.15. The molecule has 0 radical (unpaired) electrons. The molecule has 1 heterocycles. The predicted octanol–water partition coefficient (Wildman–Crippen LogP) is 0.274. The molecule has 1 aliphatic rings. The minimum atomic E-state index is -3.82. The number of carboxylic acids is 1. The van der Waals surface area contributed by atoms with Gasteiger partial charge in [-0.15, -0.1) is 0 Å². The molecule has 1 aromatic carbocycles. The average Bonchev–Trinajstić information content (AvgIpc) is 2.61. The van der Waals surface area contributed by atoms with Crippen LogP contribution in [0.1, 0.15) is 0 Å². The van der Waals surface area contributed by atoms with Gasteiger partial charge in [-0.25, -0.2) is 8.42 Å². The van der Waals surface area contributed by atoms with Gasteiger partial charge in [0.2, 0.25) is 6.79 Å². The minimum Gasteiger partial charge on any atom is -0.480 e. The van der Waals surface area contributed by atoms with E-state index in [0.29, 0.717) is 11.5 Å². The van der Waals surface area contributed by atoms with Crippen molar-refractivity contribution in [2.24, 2.45) is 0 Å². The van der Waals surface area contributed by atoms with Gasteiger partial charge in [0.25, 0.3) is 0 Å². The van der Waals surface area contributed by atoms with Gasteiger partial charge in [0.05, 0.1) is 4.90 Å². The van der Waals surface area contributed by atoms with Gasteiger partial charge in [-0.1, -0.05) is 0 Å². The third-order valence-electron chi connectivity index (χ3n) is 2.02. The van der Waals surface area contributed by atoms with Crippen molar-refractivity contribution in [3.05, 3.63) is 18.2 Å². The van der Waals surface area contributed by atoms with E-state index in [-0.39, 0.29) is 11.7 Å². The van der Waals surface area contributed by atoms with Crippen LogP contribution in [-0.2, 0) is 14.6 Å². The SMILES string of the molecule is O=C(O)CS(=O)(=O)c1ccc2c(c1)OCO2. The van der Waals surface area contributed by atoms with Crippen molar-refractivity contribution >= 4 is 15.8 Å². The zero-order valence-electron chi connectivity index (χ0n) is 8.04. The summed E-state index contributed by atoms with van der Waals surface area (Å²) in [4.78, 5) is 10.3. The Bertz CT molecular complexity index is 533. The number of sulfone groups is 1. The van der Waals surface area contributed by atoms with Gasteiger partial charge in [0, 0.05) is 6.07 Å². The van der Waals surface area contributed by atoms with E-state index < -0.39 is 21.6 Å². The Morgan fingerprint density at radius 3 is 2.69 bits per heavy atom. The Labute approximate surface area is 91.3 Å². The van der Waals surface area contributed by atoms with Gasteiger partial charge in [-0.3, -0.25) is 4.79 Å². The van der Waals surface area contributed by atoms with Crippen LogP contribution in [0.2, 0.25) is 0 Å². The molecular formula is C9H8O6S. The van der Waals surface area contributed by atoms with Crippen LogP contribution in [-0.4, -0.2) is 32.0 Å². The fourth-order valence-corrected chi connectivity index (χ4v) is 2.37. The van der Waals surface area contributed by atoms with Crippen LogP contribution in [0, 0.1) is 0 Å². The summed E-state index contributed by atoms with van der Waals surface area (Å²) in [6.07, 6.45) is 0. The first kappa shape index (κ1) is 10.7. The Balaban J connectivity index is 2.38. The molecule has 1 N–H and O–H groups in total. The summed E-state index contributed by atoms with van der Waals surface area (Å²) in [6, 6.07) is 4.00. The summed E-state index contributed by atoms with van der Waals surface area (Å²) in [6.45, 7) is 0.0394. The maximum absolute atomic E-state index is 11.6. The third kappa shape index (κ3) is 1.94. The van der Waals surface area contributed by atoms with Crippen LogP contribution < -0.4 is 9.47 Å². The topological polar surface area (TPSA) is 89.9 Å². The lowest BCUT2D eigenvalue weighted by molar-refractivity contribution is -0.134. The van der Waals surface area contributed by atoms with Crippen molar-refractivity contribution in [1.82, 2.24) is 0 Å². The molecule has 0 aliphatic carbocycles. The van der Waals surface area contributed by atoms with Gasteiger partial charge in [-0.05, 0) is 12.1 Å². The highest BCUT2D eigenvalue weighted by molar-refractivity contribution is 7.92. The first-order chi connectivity index (χ1) is 7.49. The van der Waals surface area contributed by atoms with E-state index in [4.69, 9.17) is 14.6 Å². The van der Waals surface area contributed by atoms with E-state index in [1.807, 2.05) is 0 Å². The van der Waals surface area contributed by atoms with E-state index in [1.54, 1.807) is 0 Å². The molecule has 1 aliphatic heterocycles. The molecule has 86 valence electrons. The molecule has 0 saturated carbocycles. The molecule has 0 saturated heterocycles. The Hall–Kier alpha value is -1.76. The Morgan fingerprint density at radius 1 is 1.31 bits per heavy atom. The number of fused-ring (bicyclic) bond motifs is 1. The monoisotopic (exact) mass is 244 g/mol. The molecule has 6 nitrogen and oxygen atoms in total. The second-order valence-corrected chi connectivity index (χ2v) is 5.16. The van der Waals surface area contributed by atoms with Gasteiger partial charge >= 0.3 is 5.97 Å². The molecule has 0 unspecified atom stereocenters. The number of ether oxygens (including phenoxy) is 2. The Kier molecular flexibility index (Phi) is 2.47. The summed E-state index contributed by atoms with van der Waals surface area (Å²) in [5.41, 5.74) is 0. The summed E-state index contributed by atoms with van der Waals surface area (Å²) in [5, 5.41) is 8.47. The fraction of sp³-hybridized carbons (Fsp3) is 0.222. The van der Waals surface area contributed by atoms with Crippen LogP contribution in [0.3, 0.4) is 0 Å². The van der Waals surface area contributed by atoms with E-state index in [0.717, 1.165) is 0 Å². The van der Waals surface area contributed by atoms with E-state index in [2.05, 4.69) is 0 Å². The quantitative estimate of drug-likeness (QED) is 0.821. The van der Waals surface area contributed by atoms with Gasteiger partial charge in [0.15, 0.2) is 27.1 Å². The molecule has 0 fully saturated rings. The highest BCUT2D eigenvalue weighted by Crippen LogP contribution is 2.33. The second kappa shape index (κ2) is 3.67. The fourth-order valence-electron chi connectivity index (χ4n) is 1.32. The molecule has 7 heteroatoms. The van der Waals surface area contributed by atoms with Crippen molar-refractivity contribution in [2.45, 2.75) is 4.90 Å². The first-order valence-corrected chi connectivity index (χ1v) is 5.98. The third-order valence-corrected chi connectivity index (χ3v) is 3.62. The minimum absolute atomic E-state index is 0.0394. The van der Waals surface area contributed by atoms with Crippen molar-refractivity contribution in [2.75, 3.05) is 12.5 Å². The standard InChI is InChI=1S/C9H8O6S/c10-9(11)4-16(12,13)6-1-2-7-8(3-6)15-5-14-7/h1-3H,4-5H2,(H,10,11). The van der Waals surface area contributed by atoms with E-state index in [1.165, 1.54) is 18.2 Å². The molecule has 0 spiro atoms. The Morgan fingerprint density at radius 2 is 2.00 bits per heavy atom. The van der Waals surface area contributed by atoms with Crippen molar-refractivity contribution in [1.29, 1.82) is 0 Å². The number of benzene rings is 1. The van der Waals surface area contributed by atoms with Crippen LogP contribution in [0.4, 0.5) is 0 Å². The molecule has 1 aromatic rings. The summed E-state index contributed by atoms with van der Waals surface area (Å²) < 4.78 is 33.1. The number of carbonyl (C=O) groups is 1. The van der Waals surface area contributed by atoms with Crippen LogP contribution >= 0.6 is 0 Å². The van der Waals surface area contributed by atoms with Crippen molar-refractivity contribution in [3.63, 3.8) is 0 Å². The van der Waals surface area contributed by atoms with E-state index >= 15 is 0 Å². The number of carboxylic acid groups (broad SMARTS) is 1. The smallest absolute Gasteiger partial charge is 0.319 e. The zero-order chi connectivity index (χ0) is 11.8. The van der Waals surface area contributed by atoms with Gasteiger partial charge < -0.3 is 14.6 Å². The van der Waals surface area contributed by atoms with Crippen molar-refractivity contribution < 1.29 is 27.8 Å². The lowest BCUT2D eigenvalue weighted by atomic mass is 10.3. The summed E-state index contributed by atoms with van der Waals surface area (Å²) >= 11 is 0. The summed E-state index contributed by atoms with van der Waals surface area (Å²) in [5.74, 6) is -1.56. The number of hydrogen-bond acceptors (Lipinski definition) is 5. The lowest BCUT2D eigenvalue weighted by Gasteiger charge is -2.02. The molecule has 0 bridgehead atoms. The molecule has 16 heavy (non-hydrogen) atoms. The largest absolute Gasteiger partial charge is 0.480 e. The first-order valence-electron chi connectivity index (χ1n) is 4.33. The normalized spacial score (nSPS) is 13.8. The van der Waals surface area contributed by atoms with E-state index in [9.17, 15) is 13.2 Å².